The number of rotatable bonds is 3. The molecule has 1 heterocycles. The second-order valence-corrected chi connectivity index (χ2v) is 7.59. The molecule has 1 aliphatic carbocycles. The van der Waals surface area contributed by atoms with Crippen molar-refractivity contribution in [3.8, 4) is 6.07 Å². The van der Waals surface area contributed by atoms with E-state index in [1.807, 2.05) is 6.07 Å². The highest BCUT2D eigenvalue weighted by Crippen LogP contribution is 2.41. The lowest BCUT2D eigenvalue weighted by molar-refractivity contribution is -0.0228. The first-order valence-corrected chi connectivity index (χ1v) is 8.10. The summed E-state index contributed by atoms with van der Waals surface area (Å²) >= 11 is 0. The van der Waals surface area contributed by atoms with Crippen LogP contribution in [0.2, 0.25) is 0 Å². The second kappa shape index (κ2) is 6.67. The van der Waals surface area contributed by atoms with Crippen molar-refractivity contribution in [3.05, 3.63) is 29.6 Å². The molecule has 5 nitrogen and oxygen atoms in total. The van der Waals surface area contributed by atoms with Crippen molar-refractivity contribution in [2.24, 2.45) is 11.3 Å². The molecule has 0 saturated heterocycles. The number of nitrogens with zero attached hydrogens (tertiary/aromatic N) is 2. The van der Waals surface area contributed by atoms with Gasteiger partial charge < -0.3 is 10.4 Å². The lowest BCUT2D eigenvalue weighted by Gasteiger charge is -2.41. The maximum Gasteiger partial charge on any atom is 0.269 e. The van der Waals surface area contributed by atoms with Crippen LogP contribution < -0.4 is 5.32 Å². The molecule has 23 heavy (non-hydrogen) atoms. The van der Waals surface area contributed by atoms with E-state index in [9.17, 15) is 9.90 Å². The summed E-state index contributed by atoms with van der Waals surface area (Å²) in [7, 11) is 0. The van der Waals surface area contributed by atoms with Gasteiger partial charge in [0.15, 0.2) is 0 Å². The van der Waals surface area contributed by atoms with Crippen molar-refractivity contribution in [3.63, 3.8) is 0 Å². The number of amides is 1. The first-order valence-electron chi connectivity index (χ1n) is 8.10. The van der Waals surface area contributed by atoms with Crippen LogP contribution in [0, 0.1) is 22.7 Å². The van der Waals surface area contributed by atoms with E-state index in [0.29, 0.717) is 24.3 Å². The summed E-state index contributed by atoms with van der Waals surface area (Å²) in [5, 5.41) is 22.1. The van der Waals surface area contributed by atoms with Crippen LogP contribution in [0.25, 0.3) is 0 Å². The number of aliphatic hydroxyl groups is 1. The van der Waals surface area contributed by atoms with Crippen LogP contribution in [0.1, 0.15) is 62.5 Å². The molecule has 0 spiro atoms. The zero-order valence-corrected chi connectivity index (χ0v) is 14.1. The molecule has 1 amide bonds. The molecule has 1 aliphatic rings. The van der Waals surface area contributed by atoms with Crippen LogP contribution in [0.4, 0.5) is 0 Å². The average Bonchev–Trinajstić information content (AvgIpc) is 2.52. The van der Waals surface area contributed by atoms with Crippen molar-refractivity contribution in [2.75, 3.05) is 6.54 Å². The fourth-order valence-corrected chi connectivity index (χ4v) is 3.13. The third kappa shape index (κ3) is 4.52. The smallest absolute Gasteiger partial charge is 0.269 e. The van der Waals surface area contributed by atoms with Gasteiger partial charge in [0.05, 0.1) is 11.2 Å². The molecule has 0 atom stereocenters. The van der Waals surface area contributed by atoms with Gasteiger partial charge in [-0.2, -0.15) is 5.26 Å². The number of carbonyl (C=O) groups excluding carboxylic acids is 1. The fourth-order valence-electron chi connectivity index (χ4n) is 3.13. The Morgan fingerprint density at radius 1 is 1.43 bits per heavy atom. The van der Waals surface area contributed by atoms with E-state index in [-0.39, 0.29) is 23.6 Å². The Bertz CT molecular complexity index is 588. The molecular formula is C18H25N3O2. The zero-order chi connectivity index (χ0) is 17.1. The molecule has 1 saturated carbocycles. The van der Waals surface area contributed by atoms with Gasteiger partial charge in [-0.25, -0.2) is 4.98 Å². The SMILES string of the molecule is CC(C)(C)C1CCC(O)(CNC(=O)c2ccc(C#N)cn2)CC1. The summed E-state index contributed by atoms with van der Waals surface area (Å²) in [5.41, 5.74) is 0.109. The number of aromatic nitrogens is 1. The van der Waals surface area contributed by atoms with Gasteiger partial charge in [0, 0.05) is 12.7 Å². The van der Waals surface area contributed by atoms with Crippen molar-refractivity contribution in [2.45, 2.75) is 52.1 Å². The topological polar surface area (TPSA) is 86.0 Å². The highest BCUT2D eigenvalue weighted by atomic mass is 16.3. The molecule has 0 unspecified atom stereocenters. The minimum atomic E-state index is -0.829. The highest BCUT2D eigenvalue weighted by Gasteiger charge is 2.37. The van der Waals surface area contributed by atoms with Gasteiger partial charge in [-0.15, -0.1) is 0 Å². The number of pyridine rings is 1. The standard InChI is InChI=1S/C18H25N3O2/c1-17(2,3)14-6-8-18(23,9-7-14)12-21-16(22)15-5-4-13(10-19)11-20-15/h4-5,11,14,23H,6-9,12H2,1-3H3,(H,21,22). The quantitative estimate of drug-likeness (QED) is 0.898. The Hall–Kier alpha value is -1.93. The number of nitriles is 1. The molecule has 5 heteroatoms. The van der Waals surface area contributed by atoms with E-state index >= 15 is 0 Å². The highest BCUT2D eigenvalue weighted by molar-refractivity contribution is 5.92. The van der Waals surface area contributed by atoms with Gasteiger partial charge in [0.1, 0.15) is 11.8 Å². The molecule has 124 valence electrons. The van der Waals surface area contributed by atoms with E-state index < -0.39 is 5.60 Å². The van der Waals surface area contributed by atoms with Crippen LogP contribution in [0.15, 0.2) is 18.3 Å². The monoisotopic (exact) mass is 315 g/mol. The molecule has 1 fully saturated rings. The predicted molar refractivity (Wildman–Crippen MR) is 87.6 cm³/mol. The Balaban J connectivity index is 1.88. The van der Waals surface area contributed by atoms with Gasteiger partial charge >= 0.3 is 0 Å². The van der Waals surface area contributed by atoms with Crippen LogP contribution in [-0.2, 0) is 0 Å². The third-order valence-corrected chi connectivity index (χ3v) is 4.84. The lowest BCUT2D eigenvalue weighted by atomic mass is 9.68. The molecule has 2 rings (SSSR count). The third-order valence-electron chi connectivity index (χ3n) is 4.84. The Kier molecular flexibility index (Phi) is 5.06. The summed E-state index contributed by atoms with van der Waals surface area (Å²) < 4.78 is 0. The minimum Gasteiger partial charge on any atom is -0.388 e. The van der Waals surface area contributed by atoms with E-state index in [0.717, 1.165) is 12.8 Å². The Morgan fingerprint density at radius 2 is 2.09 bits per heavy atom. The Morgan fingerprint density at radius 3 is 2.57 bits per heavy atom. The predicted octanol–water partition coefficient (Wildman–Crippen LogP) is 2.65. The molecule has 1 aromatic rings. The fraction of sp³-hybridized carbons (Fsp3) is 0.611. The number of hydrogen-bond donors (Lipinski definition) is 2. The van der Waals surface area contributed by atoms with E-state index in [1.165, 1.54) is 12.3 Å². The van der Waals surface area contributed by atoms with Crippen molar-refractivity contribution >= 4 is 5.91 Å². The number of nitrogens with one attached hydrogen (secondary N) is 1. The van der Waals surface area contributed by atoms with Crippen molar-refractivity contribution < 1.29 is 9.90 Å². The number of hydrogen-bond acceptors (Lipinski definition) is 4. The molecule has 0 radical (unpaired) electrons. The first-order chi connectivity index (χ1) is 10.7. The maximum atomic E-state index is 12.1. The number of carbonyl (C=O) groups is 1. The van der Waals surface area contributed by atoms with Crippen LogP contribution in [0.3, 0.4) is 0 Å². The van der Waals surface area contributed by atoms with Crippen LogP contribution in [0.5, 0.6) is 0 Å². The van der Waals surface area contributed by atoms with E-state index in [1.54, 1.807) is 6.07 Å². The second-order valence-electron chi connectivity index (χ2n) is 7.59. The van der Waals surface area contributed by atoms with Crippen LogP contribution in [-0.4, -0.2) is 28.1 Å². The van der Waals surface area contributed by atoms with Gasteiger partial charge in [-0.05, 0) is 49.1 Å². The summed E-state index contributed by atoms with van der Waals surface area (Å²) in [5.74, 6) is 0.291. The summed E-state index contributed by atoms with van der Waals surface area (Å²) in [6, 6.07) is 5.05. The summed E-state index contributed by atoms with van der Waals surface area (Å²) in [4.78, 5) is 16.0. The molecule has 0 aliphatic heterocycles. The molecule has 1 aromatic heterocycles. The minimum absolute atomic E-state index is 0.240. The molecule has 2 N–H and O–H groups in total. The van der Waals surface area contributed by atoms with Gasteiger partial charge in [0.2, 0.25) is 0 Å². The van der Waals surface area contributed by atoms with Crippen molar-refractivity contribution in [1.82, 2.24) is 10.3 Å². The largest absolute Gasteiger partial charge is 0.388 e. The van der Waals surface area contributed by atoms with Crippen molar-refractivity contribution in [1.29, 1.82) is 5.26 Å². The van der Waals surface area contributed by atoms with Gasteiger partial charge in [-0.1, -0.05) is 20.8 Å². The van der Waals surface area contributed by atoms with Crippen LogP contribution >= 0.6 is 0 Å². The molecular weight excluding hydrogens is 290 g/mol. The van der Waals surface area contributed by atoms with E-state index in [4.69, 9.17) is 5.26 Å². The van der Waals surface area contributed by atoms with Gasteiger partial charge in [0.25, 0.3) is 5.91 Å². The average molecular weight is 315 g/mol. The maximum absolute atomic E-state index is 12.1. The summed E-state index contributed by atoms with van der Waals surface area (Å²) in [6.45, 7) is 6.95. The Labute approximate surface area is 137 Å². The van der Waals surface area contributed by atoms with Gasteiger partial charge in [-0.3, -0.25) is 4.79 Å². The normalized spacial score (nSPS) is 24.7. The lowest BCUT2D eigenvalue weighted by Crippen LogP contribution is -2.46. The molecule has 0 bridgehead atoms. The zero-order valence-electron chi connectivity index (χ0n) is 14.1. The summed E-state index contributed by atoms with van der Waals surface area (Å²) in [6.07, 6.45) is 4.74. The van der Waals surface area contributed by atoms with E-state index in [2.05, 4.69) is 31.1 Å². The first kappa shape index (κ1) is 17.4. The molecule has 0 aromatic carbocycles.